The van der Waals surface area contributed by atoms with E-state index < -0.39 is 10.9 Å². The van der Waals surface area contributed by atoms with E-state index in [1.165, 1.54) is 12.1 Å². The van der Waals surface area contributed by atoms with Crippen LogP contribution in [0.1, 0.15) is 28.8 Å². The highest BCUT2D eigenvalue weighted by Gasteiger charge is 2.05. The Labute approximate surface area is 156 Å². The number of hydrogen-bond donors (Lipinski definition) is 3. The van der Waals surface area contributed by atoms with Gasteiger partial charge in [0.1, 0.15) is 0 Å². The van der Waals surface area contributed by atoms with Crippen molar-refractivity contribution in [3.63, 3.8) is 0 Å². The van der Waals surface area contributed by atoms with E-state index in [1.54, 1.807) is 36.4 Å². The van der Waals surface area contributed by atoms with E-state index in [9.17, 15) is 19.7 Å². The molecular formula is C19H21N3O5. The van der Waals surface area contributed by atoms with Gasteiger partial charge in [-0.2, -0.15) is 0 Å². The molecule has 0 saturated heterocycles. The molecule has 0 saturated carbocycles. The first-order valence-electron chi connectivity index (χ1n) is 8.53. The molecule has 0 atom stereocenters. The van der Waals surface area contributed by atoms with Crippen molar-refractivity contribution in [1.82, 2.24) is 5.32 Å². The summed E-state index contributed by atoms with van der Waals surface area (Å²) in [6.07, 6.45) is 1.64. The number of rotatable bonds is 10. The lowest BCUT2D eigenvalue weighted by atomic mass is 10.1. The molecule has 142 valence electrons. The number of carbonyl (C=O) groups is 2. The summed E-state index contributed by atoms with van der Waals surface area (Å²) in [4.78, 5) is 32.7. The van der Waals surface area contributed by atoms with Gasteiger partial charge in [-0.15, -0.1) is 0 Å². The van der Waals surface area contributed by atoms with Crippen LogP contribution in [0.5, 0.6) is 0 Å². The molecule has 8 nitrogen and oxygen atoms in total. The van der Waals surface area contributed by atoms with Gasteiger partial charge in [-0.1, -0.05) is 12.1 Å². The Morgan fingerprint density at radius 2 is 1.67 bits per heavy atom. The highest BCUT2D eigenvalue weighted by Crippen LogP contribution is 2.15. The van der Waals surface area contributed by atoms with Crippen molar-refractivity contribution < 1.29 is 19.6 Å². The molecule has 2 rings (SSSR count). The zero-order valence-corrected chi connectivity index (χ0v) is 14.7. The van der Waals surface area contributed by atoms with Gasteiger partial charge in [0, 0.05) is 37.3 Å². The van der Waals surface area contributed by atoms with Crippen molar-refractivity contribution in [2.24, 2.45) is 0 Å². The van der Waals surface area contributed by atoms with E-state index in [2.05, 4.69) is 10.6 Å². The molecule has 3 N–H and O–H groups in total. The average Bonchev–Trinajstić information content (AvgIpc) is 2.66. The number of hydrogen-bond acceptors (Lipinski definition) is 5. The summed E-state index contributed by atoms with van der Waals surface area (Å²) in [5.74, 6) is -1.01. The van der Waals surface area contributed by atoms with Gasteiger partial charge in [0.25, 0.3) is 5.69 Å². The van der Waals surface area contributed by atoms with Gasteiger partial charge in [-0.05, 0) is 42.7 Å². The van der Waals surface area contributed by atoms with Crippen molar-refractivity contribution in [1.29, 1.82) is 0 Å². The molecule has 0 heterocycles. The fourth-order valence-electron chi connectivity index (χ4n) is 2.43. The summed E-state index contributed by atoms with van der Waals surface area (Å²) in [5.41, 5.74) is 2.01. The number of nitro benzene ring substituents is 1. The van der Waals surface area contributed by atoms with Crippen LogP contribution < -0.4 is 10.6 Å². The normalized spacial score (nSPS) is 10.2. The number of amides is 1. The molecule has 2 aromatic carbocycles. The van der Waals surface area contributed by atoms with Gasteiger partial charge >= 0.3 is 5.97 Å². The van der Waals surface area contributed by atoms with E-state index in [0.717, 1.165) is 11.3 Å². The van der Waals surface area contributed by atoms with Crippen LogP contribution in [0, 0.1) is 10.1 Å². The van der Waals surface area contributed by atoms with Crippen molar-refractivity contribution in [2.75, 3.05) is 18.4 Å². The third-order valence-electron chi connectivity index (χ3n) is 3.92. The third kappa shape index (κ3) is 6.77. The fourth-order valence-corrected chi connectivity index (χ4v) is 2.43. The fraction of sp³-hybridized carbons (Fsp3) is 0.263. The van der Waals surface area contributed by atoms with Crippen LogP contribution in [0.3, 0.4) is 0 Å². The van der Waals surface area contributed by atoms with E-state index in [0.29, 0.717) is 32.4 Å². The maximum absolute atomic E-state index is 11.8. The number of carboxylic acids is 1. The van der Waals surface area contributed by atoms with E-state index in [4.69, 9.17) is 5.11 Å². The van der Waals surface area contributed by atoms with Crippen molar-refractivity contribution in [3.8, 4) is 0 Å². The summed E-state index contributed by atoms with van der Waals surface area (Å²) < 4.78 is 0. The summed E-state index contributed by atoms with van der Waals surface area (Å²) >= 11 is 0. The molecule has 8 heteroatoms. The van der Waals surface area contributed by atoms with E-state index in [-0.39, 0.29) is 17.2 Å². The van der Waals surface area contributed by atoms with Crippen LogP contribution >= 0.6 is 0 Å². The van der Waals surface area contributed by atoms with E-state index >= 15 is 0 Å². The zero-order chi connectivity index (χ0) is 19.6. The van der Waals surface area contributed by atoms with Crippen LogP contribution in [0.4, 0.5) is 11.4 Å². The molecular weight excluding hydrogens is 350 g/mol. The first-order valence-corrected chi connectivity index (χ1v) is 8.53. The lowest BCUT2D eigenvalue weighted by Crippen LogP contribution is -2.25. The van der Waals surface area contributed by atoms with Crippen molar-refractivity contribution in [2.45, 2.75) is 19.3 Å². The minimum absolute atomic E-state index is 0.0394. The maximum atomic E-state index is 11.8. The van der Waals surface area contributed by atoms with Crippen molar-refractivity contribution >= 4 is 23.3 Å². The third-order valence-corrected chi connectivity index (χ3v) is 3.92. The smallest absolute Gasteiger partial charge is 0.335 e. The Morgan fingerprint density at radius 3 is 2.26 bits per heavy atom. The van der Waals surface area contributed by atoms with E-state index in [1.807, 2.05) is 0 Å². The highest BCUT2D eigenvalue weighted by molar-refractivity contribution is 5.87. The number of carbonyl (C=O) groups excluding carboxylic acids is 1. The van der Waals surface area contributed by atoms with Crippen LogP contribution in [0.25, 0.3) is 0 Å². The summed E-state index contributed by atoms with van der Waals surface area (Å²) in [7, 11) is 0. The molecule has 1 amide bonds. The van der Waals surface area contributed by atoms with Gasteiger partial charge in [0.05, 0.1) is 10.5 Å². The Morgan fingerprint density at radius 1 is 1.00 bits per heavy atom. The topological polar surface area (TPSA) is 122 Å². The lowest BCUT2D eigenvalue weighted by molar-refractivity contribution is -0.384. The van der Waals surface area contributed by atoms with Crippen LogP contribution in [0.2, 0.25) is 0 Å². The van der Waals surface area contributed by atoms with Gasteiger partial charge in [0.15, 0.2) is 0 Å². The molecule has 0 radical (unpaired) electrons. The predicted molar refractivity (Wildman–Crippen MR) is 101 cm³/mol. The second-order valence-corrected chi connectivity index (χ2v) is 5.94. The Hall–Kier alpha value is -3.42. The van der Waals surface area contributed by atoms with Gasteiger partial charge < -0.3 is 15.7 Å². The number of nitrogens with one attached hydrogen (secondary N) is 2. The van der Waals surface area contributed by atoms with Crippen LogP contribution in [-0.2, 0) is 11.2 Å². The standard InChI is InChI=1S/C19H21N3O5/c23-18(21-13-11-14-3-5-15(6-4-14)19(24)25)2-1-12-20-16-7-9-17(10-8-16)22(26)27/h3-10,20H,1-2,11-13H2,(H,21,23)(H,24,25). The molecule has 27 heavy (non-hydrogen) atoms. The lowest BCUT2D eigenvalue weighted by Gasteiger charge is -2.07. The Bertz CT molecular complexity index is 788. The molecule has 0 unspecified atom stereocenters. The predicted octanol–water partition coefficient (Wildman–Crippen LogP) is 2.84. The maximum Gasteiger partial charge on any atom is 0.335 e. The monoisotopic (exact) mass is 371 g/mol. The number of nitro groups is 1. The van der Waals surface area contributed by atoms with Gasteiger partial charge in [-0.3, -0.25) is 14.9 Å². The molecule has 0 fully saturated rings. The molecule has 0 aliphatic rings. The Kier molecular flexibility index (Phi) is 7.30. The minimum Gasteiger partial charge on any atom is -0.478 e. The quantitative estimate of drug-likeness (QED) is 0.335. The SMILES string of the molecule is O=C(CCCNc1ccc([N+](=O)[O-])cc1)NCCc1ccc(C(=O)O)cc1. The van der Waals surface area contributed by atoms with Gasteiger partial charge in [0.2, 0.25) is 5.91 Å². The van der Waals surface area contributed by atoms with Crippen LogP contribution in [-0.4, -0.2) is 35.0 Å². The largest absolute Gasteiger partial charge is 0.478 e. The molecule has 0 aromatic heterocycles. The second kappa shape index (κ2) is 9.91. The molecule has 0 aliphatic heterocycles. The second-order valence-electron chi connectivity index (χ2n) is 5.94. The summed E-state index contributed by atoms with van der Waals surface area (Å²) in [6.45, 7) is 1.07. The van der Waals surface area contributed by atoms with Crippen molar-refractivity contribution in [3.05, 3.63) is 69.8 Å². The number of benzene rings is 2. The highest BCUT2D eigenvalue weighted by atomic mass is 16.6. The number of nitrogens with zero attached hydrogens (tertiary/aromatic N) is 1. The Balaban J connectivity index is 1.60. The molecule has 2 aromatic rings. The minimum atomic E-state index is -0.961. The van der Waals surface area contributed by atoms with Gasteiger partial charge in [-0.25, -0.2) is 4.79 Å². The number of anilines is 1. The molecule has 0 aliphatic carbocycles. The summed E-state index contributed by atoms with van der Waals surface area (Å²) in [6, 6.07) is 12.7. The first-order chi connectivity index (χ1) is 13.0. The first kappa shape index (κ1) is 19.9. The summed E-state index contributed by atoms with van der Waals surface area (Å²) in [5, 5.41) is 25.4. The molecule has 0 bridgehead atoms. The molecule has 0 spiro atoms. The number of non-ortho nitro benzene ring substituents is 1. The zero-order valence-electron chi connectivity index (χ0n) is 14.7. The number of carboxylic acid groups (broad SMARTS) is 1. The van der Waals surface area contributed by atoms with Crippen LogP contribution in [0.15, 0.2) is 48.5 Å². The average molecular weight is 371 g/mol. The number of aromatic carboxylic acids is 1.